The summed E-state index contributed by atoms with van der Waals surface area (Å²) >= 11 is 6.24. The van der Waals surface area contributed by atoms with E-state index in [0.29, 0.717) is 39.9 Å². The van der Waals surface area contributed by atoms with Gasteiger partial charge in [0, 0.05) is 26.0 Å². The summed E-state index contributed by atoms with van der Waals surface area (Å²) < 4.78 is 33.6. The molecule has 0 bridgehead atoms. The zero-order chi connectivity index (χ0) is 23.1. The summed E-state index contributed by atoms with van der Waals surface area (Å²) in [6.07, 6.45) is 1.45. The van der Waals surface area contributed by atoms with Crippen molar-refractivity contribution < 1.29 is 23.1 Å². The van der Waals surface area contributed by atoms with Gasteiger partial charge in [-0.1, -0.05) is 23.7 Å². The Balaban J connectivity index is 1.80. The second-order valence-corrected chi connectivity index (χ2v) is 8.83. The van der Waals surface area contributed by atoms with E-state index in [1.807, 2.05) is 0 Å². The number of hydrogen-bond donors (Lipinski definition) is 3. The molecule has 0 aliphatic carbocycles. The number of ether oxygens (including phenoxy) is 2. The highest BCUT2D eigenvalue weighted by atomic mass is 35.5. The van der Waals surface area contributed by atoms with Crippen LogP contribution < -0.4 is 30.9 Å². The molecule has 0 fully saturated rings. The van der Waals surface area contributed by atoms with E-state index in [2.05, 4.69) is 26.1 Å². The van der Waals surface area contributed by atoms with Gasteiger partial charge < -0.3 is 23.8 Å². The second-order valence-electron chi connectivity index (χ2n) is 6.21. The summed E-state index contributed by atoms with van der Waals surface area (Å²) in [4.78, 5) is 8.57. The van der Waals surface area contributed by atoms with Crippen molar-refractivity contribution in [2.45, 2.75) is 0 Å². The summed E-state index contributed by atoms with van der Waals surface area (Å²) in [5.41, 5.74) is 7.02. The lowest BCUT2D eigenvalue weighted by molar-refractivity contribution is 0.287. The van der Waals surface area contributed by atoms with Crippen molar-refractivity contribution in [3.8, 4) is 11.5 Å². The van der Waals surface area contributed by atoms with Crippen LogP contribution in [0.1, 0.15) is 0 Å². The number of aromatic nitrogens is 2. The van der Waals surface area contributed by atoms with Crippen molar-refractivity contribution >= 4 is 47.6 Å². The fraction of sp³-hybridized carbons (Fsp3) is 0.200. The van der Waals surface area contributed by atoms with Crippen molar-refractivity contribution in [3.63, 3.8) is 0 Å². The summed E-state index contributed by atoms with van der Waals surface area (Å²) in [6.45, 7) is 0. The van der Waals surface area contributed by atoms with Crippen LogP contribution in [-0.4, -0.2) is 38.4 Å². The van der Waals surface area contributed by atoms with Crippen LogP contribution in [0.5, 0.6) is 11.5 Å². The molecule has 0 amide bonds. The smallest absolute Gasteiger partial charge is 0.362 e. The molecule has 0 atom stereocenters. The lowest BCUT2D eigenvalue weighted by Gasteiger charge is -2.19. The molecule has 2 aromatic carbocycles. The van der Waals surface area contributed by atoms with E-state index in [1.165, 1.54) is 20.4 Å². The minimum atomic E-state index is -3.48. The number of nitrogens with one attached hydrogen (secondary N) is 3. The van der Waals surface area contributed by atoms with Crippen LogP contribution in [0.4, 0.5) is 23.1 Å². The van der Waals surface area contributed by atoms with Gasteiger partial charge in [-0.15, -0.1) is 0 Å². The van der Waals surface area contributed by atoms with Crippen molar-refractivity contribution in [2.75, 3.05) is 44.6 Å². The molecule has 1 aromatic heterocycles. The third-order valence-corrected chi connectivity index (χ3v) is 6.60. The van der Waals surface area contributed by atoms with E-state index in [4.69, 9.17) is 30.1 Å². The van der Waals surface area contributed by atoms with Crippen LogP contribution in [0, 0.1) is 0 Å². The lowest BCUT2D eigenvalue weighted by Crippen LogP contribution is -2.19. The Labute approximate surface area is 190 Å². The highest BCUT2D eigenvalue weighted by Gasteiger charge is 2.27. The first kappa shape index (κ1) is 23.6. The topological polar surface area (TPSA) is 116 Å². The molecule has 12 heteroatoms. The van der Waals surface area contributed by atoms with Crippen LogP contribution in [-0.2, 0) is 13.6 Å². The van der Waals surface area contributed by atoms with Gasteiger partial charge in [0.05, 0.1) is 31.4 Å². The summed E-state index contributed by atoms with van der Waals surface area (Å²) in [6, 6.07) is 12.2. The minimum absolute atomic E-state index is 0.273. The number of benzene rings is 2. The Morgan fingerprint density at radius 2 is 1.66 bits per heavy atom. The molecule has 0 aliphatic rings. The number of hydrogen-bond acceptors (Lipinski definition) is 10. The molecular weight excluding hydrogens is 457 g/mol. The average molecular weight is 480 g/mol. The number of methoxy groups -OCH3 is 2. The third kappa shape index (κ3) is 5.23. The molecule has 0 radical (unpaired) electrons. The first-order valence-corrected chi connectivity index (χ1v) is 11.2. The van der Waals surface area contributed by atoms with Gasteiger partial charge in [-0.05, 0) is 24.3 Å². The first-order chi connectivity index (χ1) is 15.4. The number of halogens is 1. The number of para-hydroxylation sites is 1. The van der Waals surface area contributed by atoms with Crippen LogP contribution in [0.15, 0.2) is 48.7 Å². The van der Waals surface area contributed by atoms with E-state index in [-0.39, 0.29) is 5.02 Å². The van der Waals surface area contributed by atoms with Crippen molar-refractivity contribution in [2.24, 2.45) is 0 Å². The van der Waals surface area contributed by atoms with Gasteiger partial charge in [-0.25, -0.2) is 4.98 Å². The van der Waals surface area contributed by atoms with Crippen LogP contribution in [0.25, 0.3) is 0 Å². The molecule has 170 valence electrons. The normalized spacial score (nSPS) is 11.0. The molecule has 0 saturated heterocycles. The van der Waals surface area contributed by atoms with E-state index in [1.54, 1.807) is 56.7 Å². The highest BCUT2D eigenvalue weighted by Crippen LogP contribution is 2.47. The third-order valence-electron chi connectivity index (χ3n) is 4.38. The quantitative estimate of drug-likeness (QED) is 0.284. The number of anilines is 4. The Hall–Kier alpha value is -3.04. The minimum Gasteiger partial charge on any atom is -0.493 e. The Kier molecular flexibility index (Phi) is 7.76. The monoisotopic (exact) mass is 479 g/mol. The van der Waals surface area contributed by atoms with Crippen LogP contribution in [0.3, 0.4) is 0 Å². The lowest BCUT2D eigenvalue weighted by atomic mass is 10.3. The zero-order valence-electron chi connectivity index (χ0n) is 17.9. The summed E-state index contributed by atoms with van der Waals surface area (Å²) in [5.74, 6) is 1.75. The Bertz CT molecular complexity index is 1130. The van der Waals surface area contributed by atoms with Gasteiger partial charge in [0.1, 0.15) is 5.02 Å². The van der Waals surface area contributed by atoms with E-state index in [9.17, 15) is 4.57 Å². The number of rotatable bonds is 10. The maximum Gasteiger partial charge on any atom is 0.362 e. The molecule has 3 N–H and O–H groups in total. The van der Waals surface area contributed by atoms with Gasteiger partial charge in [-0.2, -0.15) is 4.98 Å². The average Bonchev–Trinajstić information content (AvgIpc) is 2.84. The SMILES string of the molecule is COc1ccc(Nc2ncc(Cl)c(NNc3ccccc3P(=O)(OC)OC)n2)cc1OC. The molecule has 0 aliphatic heterocycles. The second kappa shape index (κ2) is 10.5. The molecule has 3 aromatic rings. The fourth-order valence-corrected chi connectivity index (χ4v) is 4.15. The summed E-state index contributed by atoms with van der Waals surface area (Å²) in [5, 5.41) is 3.71. The van der Waals surface area contributed by atoms with Crippen molar-refractivity contribution in [1.29, 1.82) is 0 Å². The van der Waals surface area contributed by atoms with Gasteiger partial charge in [0.15, 0.2) is 17.3 Å². The standard InChI is InChI=1S/C20H23ClN5O5P/c1-28-16-10-9-13(11-17(16)29-2)23-20-22-12-14(21)19(24-20)26-25-15-7-5-6-8-18(15)32(27,30-3)31-4/h5-12,25H,1-4H3,(H2,22,23,24,26). The fourth-order valence-electron chi connectivity index (χ4n) is 2.77. The van der Waals surface area contributed by atoms with Gasteiger partial charge in [0.25, 0.3) is 0 Å². The largest absolute Gasteiger partial charge is 0.493 e. The molecule has 10 nitrogen and oxygen atoms in total. The molecule has 0 unspecified atom stereocenters. The van der Waals surface area contributed by atoms with E-state index in [0.717, 1.165) is 0 Å². The molecular formula is C20H23ClN5O5P. The zero-order valence-corrected chi connectivity index (χ0v) is 19.5. The maximum atomic E-state index is 12.8. The molecule has 1 heterocycles. The highest BCUT2D eigenvalue weighted by molar-refractivity contribution is 7.62. The Morgan fingerprint density at radius 1 is 0.938 bits per heavy atom. The first-order valence-electron chi connectivity index (χ1n) is 9.28. The van der Waals surface area contributed by atoms with Crippen molar-refractivity contribution in [1.82, 2.24) is 9.97 Å². The number of nitrogens with zero attached hydrogens (tertiary/aromatic N) is 2. The van der Waals surface area contributed by atoms with Gasteiger partial charge >= 0.3 is 7.60 Å². The summed E-state index contributed by atoms with van der Waals surface area (Å²) in [7, 11) is 2.28. The van der Waals surface area contributed by atoms with Gasteiger partial charge in [0.2, 0.25) is 5.95 Å². The molecule has 3 rings (SSSR count). The van der Waals surface area contributed by atoms with E-state index >= 15 is 0 Å². The van der Waals surface area contributed by atoms with Crippen LogP contribution >= 0.6 is 19.2 Å². The molecule has 32 heavy (non-hydrogen) atoms. The predicted molar refractivity (Wildman–Crippen MR) is 125 cm³/mol. The van der Waals surface area contributed by atoms with Crippen LogP contribution in [0.2, 0.25) is 5.02 Å². The van der Waals surface area contributed by atoms with Gasteiger partial charge in [-0.3, -0.25) is 15.4 Å². The number of hydrazine groups is 1. The maximum absolute atomic E-state index is 12.8. The Morgan fingerprint density at radius 3 is 2.34 bits per heavy atom. The molecule has 0 saturated carbocycles. The predicted octanol–water partition coefficient (Wildman–Crippen LogP) is 4.44. The van der Waals surface area contributed by atoms with Crippen molar-refractivity contribution in [3.05, 3.63) is 53.7 Å². The van der Waals surface area contributed by atoms with E-state index < -0.39 is 7.60 Å². The molecule has 0 spiro atoms.